The van der Waals surface area contributed by atoms with Crippen LogP contribution < -0.4 is 15.4 Å². The van der Waals surface area contributed by atoms with Crippen molar-refractivity contribution in [3.63, 3.8) is 0 Å². The van der Waals surface area contributed by atoms with Crippen LogP contribution in [0, 0.1) is 5.82 Å². The summed E-state index contributed by atoms with van der Waals surface area (Å²) in [5, 5.41) is 16.7. The van der Waals surface area contributed by atoms with E-state index in [-0.39, 0.29) is 42.4 Å². The van der Waals surface area contributed by atoms with Gasteiger partial charge in [-0.15, -0.1) is 24.0 Å². The van der Waals surface area contributed by atoms with Gasteiger partial charge in [-0.25, -0.2) is 4.39 Å². The highest BCUT2D eigenvalue weighted by atomic mass is 127. The Hall–Kier alpha value is -1.87. The van der Waals surface area contributed by atoms with Crippen molar-refractivity contribution in [2.75, 3.05) is 20.2 Å². The normalized spacial score (nSPS) is 17.3. The molecule has 0 fully saturated rings. The summed E-state index contributed by atoms with van der Waals surface area (Å²) >= 11 is 0. The number of hydrogen-bond acceptors (Lipinski definition) is 3. The van der Waals surface area contributed by atoms with Crippen molar-refractivity contribution in [1.82, 2.24) is 10.6 Å². The highest BCUT2D eigenvalue weighted by Gasteiger charge is 2.22. The maximum atomic E-state index is 13.0. The minimum Gasteiger partial charge on any atom is -0.493 e. The molecule has 2 atom stereocenters. The molecule has 5 nitrogen and oxygen atoms in total. The predicted octanol–water partition coefficient (Wildman–Crippen LogP) is 3.17. The number of guanidine groups is 1. The van der Waals surface area contributed by atoms with Crippen LogP contribution in [-0.4, -0.2) is 31.3 Å². The summed E-state index contributed by atoms with van der Waals surface area (Å²) in [6.07, 6.45) is 0.0826. The minimum atomic E-state index is -0.749. The average Bonchev–Trinajstić information content (AvgIpc) is 2.65. The quantitative estimate of drug-likeness (QED) is 0.364. The third-order valence-corrected chi connectivity index (χ3v) is 4.21. The van der Waals surface area contributed by atoms with Crippen molar-refractivity contribution >= 4 is 29.9 Å². The van der Waals surface area contributed by atoms with Gasteiger partial charge in [-0.05, 0) is 23.8 Å². The fraction of sp³-hybridized carbons (Fsp3) is 0.316. The highest BCUT2D eigenvalue weighted by Crippen LogP contribution is 2.31. The fourth-order valence-corrected chi connectivity index (χ4v) is 2.85. The van der Waals surface area contributed by atoms with Gasteiger partial charge in [0.2, 0.25) is 0 Å². The van der Waals surface area contributed by atoms with Gasteiger partial charge < -0.3 is 20.5 Å². The number of halogens is 2. The first-order chi connectivity index (χ1) is 12.2. The summed E-state index contributed by atoms with van der Waals surface area (Å²) in [7, 11) is 1.69. The Morgan fingerprint density at radius 1 is 1.27 bits per heavy atom. The summed E-state index contributed by atoms with van der Waals surface area (Å²) in [6, 6.07) is 13.8. The summed E-state index contributed by atoms with van der Waals surface area (Å²) in [5.74, 6) is 1.16. The van der Waals surface area contributed by atoms with E-state index in [9.17, 15) is 9.50 Å². The first-order valence-corrected chi connectivity index (χ1v) is 8.30. The molecule has 1 heterocycles. The van der Waals surface area contributed by atoms with Crippen molar-refractivity contribution in [2.24, 2.45) is 4.99 Å². The van der Waals surface area contributed by atoms with Crippen molar-refractivity contribution in [2.45, 2.75) is 18.6 Å². The van der Waals surface area contributed by atoms with E-state index in [1.807, 2.05) is 24.3 Å². The molecule has 0 amide bonds. The maximum Gasteiger partial charge on any atom is 0.191 e. The number of ether oxygens (including phenoxy) is 1. The molecule has 0 radical (unpaired) electrons. The van der Waals surface area contributed by atoms with Crippen molar-refractivity contribution in [3.8, 4) is 5.75 Å². The second-order valence-electron chi connectivity index (χ2n) is 5.89. The van der Waals surface area contributed by atoms with Gasteiger partial charge >= 0.3 is 0 Å². The zero-order valence-corrected chi connectivity index (χ0v) is 16.8. The number of aliphatic hydroxyl groups excluding tert-OH is 1. The van der Waals surface area contributed by atoms with Gasteiger partial charge in [0, 0.05) is 25.6 Å². The maximum absolute atomic E-state index is 13.0. The lowest BCUT2D eigenvalue weighted by Crippen LogP contribution is -2.42. The first-order valence-electron chi connectivity index (χ1n) is 8.30. The molecular formula is C19H23FIN3O2. The monoisotopic (exact) mass is 471 g/mol. The third kappa shape index (κ3) is 5.07. The summed E-state index contributed by atoms with van der Waals surface area (Å²) < 4.78 is 18.6. The van der Waals surface area contributed by atoms with E-state index in [2.05, 4.69) is 15.6 Å². The SMILES string of the molecule is CN=C(NCC(O)c1ccc(F)cc1)NC1CCOc2ccccc21.I. The van der Waals surface area contributed by atoms with E-state index in [1.165, 1.54) is 12.1 Å². The van der Waals surface area contributed by atoms with Crippen molar-refractivity contribution in [3.05, 3.63) is 65.5 Å². The van der Waals surface area contributed by atoms with E-state index in [1.54, 1.807) is 19.2 Å². The van der Waals surface area contributed by atoms with Crippen LogP contribution in [0.5, 0.6) is 5.75 Å². The van der Waals surface area contributed by atoms with Gasteiger partial charge in [0.1, 0.15) is 11.6 Å². The largest absolute Gasteiger partial charge is 0.493 e. The van der Waals surface area contributed by atoms with Crippen LogP contribution in [0.1, 0.15) is 29.7 Å². The van der Waals surface area contributed by atoms with Crippen molar-refractivity contribution < 1.29 is 14.2 Å². The number of rotatable bonds is 4. The molecule has 1 aliphatic heterocycles. The highest BCUT2D eigenvalue weighted by molar-refractivity contribution is 14.0. The van der Waals surface area contributed by atoms with Crippen LogP contribution in [-0.2, 0) is 0 Å². The lowest BCUT2D eigenvalue weighted by molar-refractivity contribution is 0.180. The first kappa shape index (κ1) is 20.4. The van der Waals surface area contributed by atoms with Crippen LogP contribution in [0.3, 0.4) is 0 Å². The molecule has 0 aliphatic carbocycles. The molecule has 140 valence electrons. The van der Waals surface area contributed by atoms with Gasteiger partial charge in [0.05, 0.1) is 18.8 Å². The number of nitrogens with zero attached hydrogens (tertiary/aromatic N) is 1. The number of fused-ring (bicyclic) bond motifs is 1. The molecule has 0 saturated carbocycles. The summed E-state index contributed by atoms with van der Waals surface area (Å²) in [6.45, 7) is 0.917. The lowest BCUT2D eigenvalue weighted by atomic mass is 10.0. The predicted molar refractivity (Wildman–Crippen MR) is 111 cm³/mol. The Kier molecular flexibility index (Phi) is 7.65. The van der Waals surface area contributed by atoms with Gasteiger partial charge in [-0.2, -0.15) is 0 Å². The Morgan fingerprint density at radius 2 is 2.00 bits per heavy atom. The molecule has 0 bridgehead atoms. The topological polar surface area (TPSA) is 65.9 Å². The van der Waals surface area contributed by atoms with E-state index in [0.717, 1.165) is 17.7 Å². The van der Waals surface area contributed by atoms with E-state index < -0.39 is 6.10 Å². The zero-order valence-electron chi connectivity index (χ0n) is 14.5. The van der Waals surface area contributed by atoms with Gasteiger partial charge in [0.25, 0.3) is 0 Å². The van der Waals surface area contributed by atoms with E-state index in [0.29, 0.717) is 18.1 Å². The van der Waals surface area contributed by atoms with Crippen LogP contribution >= 0.6 is 24.0 Å². The number of aliphatic imine (C=N–C) groups is 1. The second-order valence-corrected chi connectivity index (χ2v) is 5.89. The summed E-state index contributed by atoms with van der Waals surface area (Å²) in [5.41, 5.74) is 1.75. The molecule has 0 saturated heterocycles. The van der Waals surface area contributed by atoms with Crippen LogP contribution in [0.15, 0.2) is 53.5 Å². The molecule has 0 aromatic heterocycles. The Labute approximate surface area is 169 Å². The van der Waals surface area contributed by atoms with Gasteiger partial charge in [0.15, 0.2) is 5.96 Å². The number of benzene rings is 2. The van der Waals surface area contributed by atoms with Crippen LogP contribution in [0.4, 0.5) is 4.39 Å². The Morgan fingerprint density at radius 3 is 2.73 bits per heavy atom. The lowest BCUT2D eigenvalue weighted by Gasteiger charge is -2.28. The van der Waals surface area contributed by atoms with Gasteiger partial charge in [-0.1, -0.05) is 30.3 Å². The molecule has 7 heteroatoms. The minimum absolute atomic E-state index is 0. The Balaban J connectivity index is 0.00000243. The smallest absolute Gasteiger partial charge is 0.191 e. The molecule has 2 aromatic carbocycles. The molecule has 3 N–H and O–H groups in total. The molecule has 3 rings (SSSR count). The molecular weight excluding hydrogens is 448 g/mol. The number of nitrogens with one attached hydrogen (secondary N) is 2. The molecule has 2 aromatic rings. The van der Waals surface area contributed by atoms with Crippen LogP contribution in [0.25, 0.3) is 0 Å². The van der Waals surface area contributed by atoms with E-state index in [4.69, 9.17) is 4.74 Å². The molecule has 0 spiro atoms. The van der Waals surface area contributed by atoms with E-state index >= 15 is 0 Å². The molecule has 1 aliphatic rings. The second kappa shape index (κ2) is 9.72. The number of para-hydroxylation sites is 1. The zero-order chi connectivity index (χ0) is 17.6. The van der Waals surface area contributed by atoms with Crippen molar-refractivity contribution in [1.29, 1.82) is 0 Å². The molecule has 26 heavy (non-hydrogen) atoms. The van der Waals surface area contributed by atoms with Crippen LogP contribution in [0.2, 0.25) is 0 Å². The third-order valence-electron chi connectivity index (χ3n) is 4.21. The average molecular weight is 471 g/mol. The number of hydrogen-bond donors (Lipinski definition) is 3. The standard InChI is InChI=1S/C19H22FN3O2.HI/c1-21-19(22-12-17(24)13-6-8-14(20)9-7-13)23-16-10-11-25-18-5-3-2-4-15(16)18;/h2-9,16-17,24H,10-12H2,1H3,(H2,21,22,23);1H. The number of aliphatic hydroxyl groups is 1. The summed E-state index contributed by atoms with van der Waals surface area (Å²) in [4.78, 5) is 4.22. The Bertz CT molecular complexity index is 740. The van der Waals surface area contributed by atoms with Gasteiger partial charge in [-0.3, -0.25) is 4.99 Å². The molecule has 2 unspecified atom stereocenters. The fourth-order valence-electron chi connectivity index (χ4n) is 2.85.